The van der Waals surface area contributed by atoms with E-state index in [1.54, 1.807) is 7.11 Å². The van der Waals surface area contributed by atoms with Gasteiger partial charge in [0.15, 0.2) is 5.96 Å². The zero-order valence-electron chi connectivity index (χ0n) is 16.8. The topological polar surface area (TPSA) is 55.3 Å². The van der Waals surface area contributed by atoms with Crippen LogP contribution in [0.5, 0.6) is 5.75 Å². The van der Waals surface area contributed by atoms with Crippen LogP contribution in [-0.4, -0.2) is 65.0 Å². The molecule has 1 aromatic rings. The van der Waals surface area contributed by atoms with Gasteiger partial charge in [0.05, 0.1) is 20.3 Å². The van der Waals surface area contributed by atoms with Crippen LogP contribution in [0.25, 0.3) is 0 Å². The SMILES string of the molecule is CN=C(NCCOCc1cccc(OC)c1)N(C)CCC1CCOCC1.I. The first-order valence-electron chi connectivity index (χ1n) is 9.43. The summed E-state index contributed by atoms with van der Waals surface area (Å²) in [5.74, 6) is 2.55. The number of ether oxygens (including phenoxy) is 3. The molecule has 1 fully saturated rings. The van der Waals surface area contributed by atoms with Crippen LogP contribution < -0.4 is 10.1 Å². The number of nitrogens with zero attached hydrogens (tertiary/aromatic N) is 2. The third kappa shape index (κ3) is 9.12. The van der Waals surface area contributed by atoms with Gasteiger partial charge in [-0.2, -0.15) is 0 Å². The standard InChI is InChI=1S/C20H33N3O3.HI/c1-21-20(23(2)11-7-17-8-12-25-13-9-17)22-10-14-26-16-18-5-4-6-19(15-18)24-3;/h4-6,15,17H,7-14,16H2,1-3H3,(H,21,22);1H. The number of benzene rings is 1. The summed E-state index contributed by atoms with van der Waals surface area (Å²) in [6, 6.07) is 7.95. The fourth-order valence-corrected chi connectivity index (χ4v) is 3.09. The summed E-state index contributed by atoms with van der Waals surface area (Å²) in [5, 5.41) is 3.37. The molecule has 6 nitrogen and oxygen atoms in total. The van der Waals surface area contributed by atoms with E-state index in [0.717, 1.165) is 49.5 Å². The Hall–Kier alpha value is -1.06. The van der Waals surface area contributed by atoms with Gasteiger partial charge in [0, 0.05) is 40.4 Å². The molecule has 1 saturated heterocycles. The minimum atomic E-state index is 0. The number of nitrogens with one attached hydrogen (secondary N) is 1. The van der Waals surface area contributed by atoms with Gasteiger partial charge in [-0.3, -0.25) is 4.99 Å². The second kappa shape index (κ2) is 14.0. The molecule has 2 rings (SSSR count). The van der Waals surface area contributed by atoms with Crippen LogP contribution >= 0.6 is 24.0 Å². The van der Waals surface area contributed by atoms with E-state index >= 15 is 0 Å². The van der Waals surface area contributed by atoms with Gasteiger partial charge >= 0.3 is 0 Å². The molecule has 7 heteroatoms. The van der Waals surface area contributed by atoms with Gasteiger partial charge < -0.3 is 24.4 Å². The Balaban J connectivity index is 0.00000364. The lowest BCUT2D eigenvalue weighted by Crippen LogP contribution is -2.41. The molecule has 1 aromatic carbocycles. The normalized spacial score (nSPS) is 15.1. The quantitative estimate of drug-likeness (QED) is 0.249. The van der Waals surface area contributed by atoms with E-state index in [0.29, 0.717) is 13.2 Å². The second-order valence-electron chi connectivity index (χ2n) is 6.64. The third-order valence-corrected chi connectivity index (χ3v) is 4.72. The van der Waals surface area contributed by atoms with Crippen LogP contribution in [-0.2, 0) is 16.1 Å². The highest BCUT2D eigenvalue weighted by Gasteiger charge is 2.15. The van der Waals surface area contributed by atoms with Gasteiger partial charge in [-0.25, -0.2) is 0 Å². The van der Waals surface area contributed by atoms with Crippen molar-refractivity contribution in [3.8, 4) is 5.75 Å². The number of halogens is 1. The zero-order valence-corrected chi connectivity index (χ0v) is 19.1. The maximum Gasteiger partial charge on any atom is 0.193 e. The number of hydrogen-bond donors (Lipinski definition) is 1. The molecule has 1 aliphatic heterocycles. The highest BCUT2D eigenvalue weighted by molar-refractivity contribution is 14.0. The number of guanidine groups is 1. The van der Waals surface area contributed by atoms with Gasteiger partial charge in [-0.1, -0.05) is 12.1 Å². The summed E-state index contributed by atoms with van der Waals surface area (Å²) < 4.78 is 16.4. The monoisotopic (exact) mass is 491 g/mol. The molecule has 0 radical (unpaired) electrons. The van der Waals surface area contributed by atoms with E-state index in [4.69, 9.17) is 14.2 Å². The molecule has 27 heavy (non-hydrogen) atoms. The maximum absolute atomic E-state index is 5.74. The summed E-state index contributed by atoms with van der Waals surface area (Å²) in [6.07, 6.45) is 3.54. The molecular weight excluding hydrogens is 457 g/mol. The Labute approximate surface area is 180 Å². The molecule has 0 amide bonds. The Morgan fingerprint density at radius 3 is 2.81 bits per heavy atom. The molecule has 0 bridgehead atoms. The number of aliphatic imine (C=N–C) groups is 1. The first-order chi connectivity index (χ1) is 12.7. The lowest BCUT2D eigenvalue weighted by Gasteiger charge is -2.26. The van der Waals surface area contributed by atoms with E-state index in [1.807, 2.05) is 31.3 Å². The van der Waals surface area contributed by atoms with Gasteiger partial charge in [0.1, 0.15) is 5.75 Å². The van der Waals surface area contributed by atoms with Crippen molar-refractivity contribution in [3.05, 3.63) is 29.8 Å². The smallest absolute Gasteiger partial charge is 0.193 e. The third-order valence-electron chi connectivity index (χ3n) is 4.72. The van der Waals surface area contributed by atoms with Crippen molar-refractivity contribution in [1.29, 1.82) is 0 Å². The molecule has 0 atom stereocenters. The first-order valence-corrected chi connectivity index (χ1v) is 9.43. The number of hydrogen-bond acceptors (Lipinski definition) is 4. The fourth-order valence-electron chi connectivity index (χ4n) is 3.09. The second-order valence-corrected chi connectivity index (χ2v) is 6.64. The molecule has 0 unspecified atom stereocenters. The lowest BCUT2D eigenvalue weighted by atomic mass is 9.96. The maximum atomic E-state index is 5.74. The molecule has 1 aliphatic rings. The van der Waals surface area contributed by atoms with Crippen molar-refractivity contribution in [2.45, 2.75) is 25.9 Å². The zero-order chi connectivity index (χ0) is 18.6. The fraction of sp³-hybridized carbons (Fsp3) is 0.650. The van der Waals surface area contributed by atoms with E-state index < -0.39 is 0 Å². The summed E-state index contributed by atoms with van der Waals surface area (Å²) in [7, 11) is 5.59. The van der Waals surface area contributed by atoms with Gasteiger partial charge in [0.2, 0.25) is 0 Å². The first kappa shape index (κ1) is 24.0. The van der Waals surface area contributed by atoms with Crippen molar-refractivity contribution in [3.63, 3.8) is 0 Å². The number of rotatable bonds is 9. The summed E-state index contributed by atoms with van der Waals surface area (Å²) in [5.41, 5.74) is 1.11. The molecule has 154 valence electrons. The Bertz CT molecular complexity index is 551. The largest absolute Gasteiger partial charge is 0.497 e. The van der Waals surface area contributed by atoms with Crippen LogP contribution in [0.4, 0.5) is 0 Å². The minimum Gasteiger partial charge on any atom is -0.497 e. The lowest BCUT2D eigenvalue weighted by molar-refractivity contribution is 0.0625. The predicted octanol–water partition coefficient (Wildman–Crippen LogP) is 3.15. The van der Waals surface area contributed by atoms with E-state index in [2.05, 4.69) is 22.3 Å². The molecular formula is C20H34IN3O3. The van der Waals surface area contributed by atoms with Crippen molar-refractivity contribution in [2.24, 2.45) is 10.9 Å². The van der Waals surface area contributed by atoms with Crippen LogP contribution in [0, 0.1) is 5.92 Å². The van der Waals surface area contributed by atoms with Crippen LogP contribution in [0.2, 0.25) is 0 Å². The summed E-state index contributed by atoms with van der Waals surface area (Å²) in [6.45, 7) is 4.77. The average Bonchev–Trinajstić information content (AvgIpc) is 2.70. The van der Waals surface area contributed by atoms with E-state index in [1.165, 1.54) is 19.3 Å². The molecule has 1 heterocycles. The molecule has 1 N–H and O–H groups in total. The van der Waals surface area contributed by atoms with Crippen molar-refractivity contribution >= 4 is 29.9 Å². The van der Waals surface area contributed by atoms with E-state index in [-0.39, 0.29) is 24.0 Å². The predicted molar refractivity (Wildman–Crippen MR) is 120 cm³/mol. The Morgan fingerprint density at radius 1 is 1.33 bits per heavy atom. The van der Waals surface area contributed by atoms with Crippen molar-refractivity contribution in [1.82, 2.24) is 10.2 Å². The average molecular weight is 491 g/mol. The Kier molecular flexibility index (Phi) is 12.4. The molecule has 0 aliphatic carbocycles. The van der Waals surface area contributed by atoms with Crippen LogP contribution in [0.1, 0.15) is 24.8 Å². The highest BCUT2D eigenvalue weighted by atomic mass is 127. The Morgan fingerprint density at radius 2 is 2.11 bits per heavy atom. The van der Waals surface area contributed by atoms with Crippen LogP contribution in [0.15, 0.2) is 29.3 Å². The molecule has 0 spiro atoms. The van der Waals surface area contributed by atoms with E-state index in [9.17, 15) is 0 Å². The van der Waals surface area contributed by atoms with Gasteiger partial charge in [0.25, 0.3) is 0 Å². The van der Waals surface area contributed by atoms with Gasteiger partial charge in [-0.15, -0.1) is 24.0 Å². The highest BCUT2D eigenvalue weighted by Crippen LogP contribution is 2.18. The summed E-state index contributed by atoms with van der Waals surface area (Å²) in [4.78, 5) is 6.56. The van der Waals surface area contributed by atoms with Crippen LogP contribution in [0.3, 0.4) is 0 Å². The molecule has 0 aromatic heterocycles. The minimum absolute atomic E-state index is 0. The van der Waals surface area contributed by atoms with Gasteiger partial charge in [-0.05, 0) is 42.9 Å². The summed E-state index contributed by atoms with van der Waals surface area (Å²) >= 11 is 0. The van der Waals surface area contributed by atoms with Crippen molar-refractivity contribution in [2.75, 3.05) is 54.1 Å². The molecule has 0 saturated carbocycles. The van der Waals surface area contributed by atoms with Crippen molar-refractivity contribution < 1.29 is 14.2 Å². The number of methoxy groups -OCH3 is 1.